The Kier molecular flexibility index (Phi) is 3.84. The van der Waals surface area contributed by atoms with E-state index in [-0.39, 0.29) is 17.2 Å². The molecule has 0 aliphatic carbocycles. The molecule has 1 unspecified atom stereocenters. The number of alkyl halides is 3. The highest BCUT2D eigenvalue weighted by atomic mass is 19.4. The van der Waals surface area contributed by atoms with E-state index in [9.17, 15) is 22.8 Å². The first-order valence-corrected chi connectivity index (χ1v) is 5.84. The van der Waals surface area contributed by atoms with Crippen LogP contribution in [0, 0.1) is 0 Å². The number of aromatic nitrogens is 5. The summed E-state index contributed by atoms with van der Waals surface area (Å²) >= 11 is 0. The van der Waals surface area contributed by atoms with Gasteiger partial charge in [-0.25, -0.2) is 4.98 Å². The third kappa shape index (κ3) is 3.21. The van der Waals surface area contributed by atoms with Crippen LogP contribution < -0.4 is 11.1 Å². The van der Waals surface area contributed by atoms with Crippen LogP contribution >= 0.6 is 0 Å². The predicted octanol–water partition coefficient (Wildman–Crippen LogP) is 0.137. The highest BCUT2D eigenvalue weighted by Gasteiger charge is 2.36. The van der Waals surface area contributed by atoms with Gasteiger partial charge < -0.3 is 11.1 Å². The van der Waals surface area contributed by atoms with E-state index in [1.54, 1.807) is 0 Å². The lowest BCUT2D eigenvalue weighted by molar-refractivity contribution is -0.144. The summed E-state index contributed by atoms with van der Waals surface area (Å²) in [5, 5.41) is 13.3. The summed E-state index contributed by atoms with van der Waals surface area (Å²) in [6, 6.07) is 0.239. The van der Waals surface area contributed by atoms with E-state index in [1.165, 1.54) is 6.92 Å². The molecule has 0 saturated heterocycles. The van der Waals surface area contributed by atoms with Crippen LogP contribution in [0.3, 0.4) is 0 Å². The number of halogens is 3. The van der Waals surface area contributed by atoms with Gasteiger partial charge in [-0.05, 0) is 6.92 Å². The Balaban J connectivity index is 2.07. The summed E-state index contributed by atoms with van der Waals surface area (Å²) in [7, 11) is 0. The molecule has 0 aliphatic rings. The average Bonchev–Trinajstić information content (AvgIpc) is 3.07. The Morgan fingerprint density at radius 3 is 2.50 bits per heavy atom. The second-order valence-electron chi connectivity index (χ2n) is 4.27. The zero-order valence-corrected chi connectivity index (χ0v) is 11.0. The quantitative estimate of drug-likeness (QED) is 0.634. The van der Waals surface area contributed by atoms with Crippen molar-refractivity contribution in [3.63, 3.8) is 0 Å². The molecule has 0 bridgehead atoms. The fourth-order valence-corrected chi connectivity index (χ4v) is 1.50. The van der Waals surface area contributed by atoms with Crippen molar-refractivity contribution in [3.05, 3.63) is 29.1 Å². The van der Waals surface area contributed by atoms with Crippen molar-refractivity contribution < 1.29 is 22.8 Å². The van der Waals surface area contributed by atoms with E-state index >= 15 is 0 Å². The lowest BCUT2D eigenvalue weighted by Crippen LogP contribution is -2.27. The first kappa shape index (κ1) is 15.5. The fraction of sp³-hybridized carbons (Fsp3) is 0.300. The number of nitrogens with one attached hydrogen (secondary N) is 3. The molecule has 2 aromatic heterocycles. The van der Waals surface area contributed by atoms with Crippen molar-refractivity contribution in [2.75, 3.05) is 0 Å². The van der Waals surface area contributed by atoms with Crippen LogP contribution in [0.25, 0.3) is 0 Å². The molecule has 118 valence electrons. The lowest BCUT2D eigenvalue weighted by Gasteiger charge is -2.09. The minimum Gasteiger partial charge on any atom is -0.364 e. The van der Waals surface area contributed by atoms with Gasteiger partial charge in [-0.15, -0.1) is 5.10 Å². The molecule has 12 heteroatoms. The minimum atomic E-state index is -4.68. The van der Waals surface area contributed by atoms with Gasteiger partial charge in [0.1, 0.15) is 11.5 Å². The number of amides is 2. The Morgan fingerprint density at radius 2 is 2.00 bits per heavy atom. The lowest BCUT2D eigenvalue weighted by atomic mass is 10.3. The summed E-state index contributed by atoms with van der Waals surface area (Å²) in [5.74, 6) is -3.03. The van der Waals surface area contributed by atoms with E-state index in [1.807, 2.05) is 0 Å². The van der Waals surface area contributed by atoms with Crippen LogP contribution in [0.15, 0.2) is 6.07 Å². The summed E-state index contributed by atoms with van der Waals surface area (Å²) in [6.07, 6.45) is -4.68. The highest BCUT2D eigenvalue weighted by molar-refractivity contribution is 5.97. The Labute approximate surface area is 120 Å². The van der Waals surface area contributed by atoms with E-state index < -0.39 is 29.9 Å². The maximum absolute atomic E-state index is 12.4. The third-order valence-corrected chi connectivity index (χ3v) is 2.59. The topological polar surface area (TPSA) is 142 Å². The van der Waals surface area contributed by atoms with Gasteiger partial charge in [0.15, 0.2) is 5.69 Å². The molecule has 0 spiro atoms. The Morgan fingerprint density at radius 1 is 1.32 bits per heavy atom. The van der Waals surface area contributed by atoms with Crippen LogP contribution in [0.4, 0.5) is 13.2 Å². The number of nitrogens with two attached hydrogens (primary N) is 1. The monoisotopic (exact) mass is 317 g/mol. The van der Waals surface area contributed by atoms with Crippen LogP contribution in [-0.4, -0.2) is 37.2 Å². The summed E-state index contributed by atoms with van der Waals surface area (Å²) in [5.41, 5.74) is 4.77. The van der Waals surface area contributed by atoms with Crippen molar-refractivity contribution >= 4 is 11.8 Å². The van der Waals surface area contributed by atoms with Crippen LogP contribution in [0.2, 0.25) is 0 Å². The molecule has 0 saturated carbocycles. The number of hydrogen-bond donors (Lipinski definition) is 4. The number of H-pyrrole nitrogens is 2. The minimum absolute atomic E-state index is 0.0730. The number of carbonyl (C=O) groups excluding carboxylic acids is 2. The number of aromatic amines is 2. The van der Waals surface area contributed by atoms with Gasteiger partial charge in [0.05, 0.1) is 6.04 Å². The molecule has 2 amide bonds. The van der Waals surface area contributed by atoms with Crippen molar-refractivity contribution in [3.8, 4) is 0 Å². The summed E-state index contributed by atoms with van der Waals surface area (Å²) in [4.78, 5) is 26.0. The smallest absolute Gasteiger partial charge is 0.364 e. The highest BCUT2D eigenvalue weighted by Crippen LogP contribution is 2.26. The maximum Gasteiger partial charge on any atom is 0.453 e. The van der Waals surface area contributed by atoms with Crippen molar-refractivity contribution in [2.45, 2.75) is 19.1 Å². The second-order valence-corrected chi connectivity index (χ2v) is 4.27. The molecule has 0 radical (unpaired) electrons. The van der Waals surface area contributed by atoms with Gasteiger partial charge in [-0.3, -0.25) is 19.8 Å². The van der Waals surface area contributed by atoms with Gasteiger partial charge in [0.2, 0.25) is 0 Å². The van der Waals surface area contributed by atoms with Crippen LogP contribution in [0.1, 0.15) is 45.6 Å². The molecule has 9 nitrogen and oxygen atoms in total. The number of hydrogen-bond acceptors (Lipinski definition) is 5. The molecule has 0 aliphatic heterocycles. The van der Waals surface area contributed by atoms with Gasteiger partial charge in [-0.1, -0.05) is 0 Å². The first-order chi connectivity index (χ1) is 10.2. The number of primary amides is 1. The zero-order valence-electron chi connectivity index (χ0n) is 11.0. The number of rotatable bonds is 4. The second kappa shape index (κ2) is 5.46. The molecule has 1 atom stereocenters. The van der Waals surface area contributed by atoms with Gasteiger partial charge in [-0.2, -0.15) is 18.3 Å². The van der Waals surface area contributed by atoms with Gasteiger partial charge in [0, 0.05) is 6.07 Å². The normalized spacial score (nSPS) is 12.9. The predicted molar refractivity (Wildman–Crippen MR) is 64.4 cm³/mol. The fourth-order valence-electron chi connectivity index (χ4n) is 1.50. The van der Waals surface area contributed by atoms with Crippen LogP contribution in [0.5, 0.6) is 0 Å². The van der Waals surface area contributed by atoms with Gasteiger partial charge >= 0.3 is 6.18 Å². The van der Waals surface area contributed by atoms with Crippen molar-refractivity contribution in [2.24, 2.45) is 5.73 Å². The molecular weight excluding hydrogens is 307 g/mol. The number of carbonyl (C=O) groups is 2. The largest absolute Gasteiger partial charge is 0.453 e. The third-order valence-electron chi connectivity index (χ3n) is 2.59. The van der Waals surface area contributed by atoms with E-state index in [4.69, 9.17) is 5.73 Å². The molecule has 22 heavy (non-hydrogen) atoms. The SMILES string of the molecule is CC(NC(=O)c1cc(C(N)=O)n[nH]1)c1nc(C(F)(F)F)n[nH]1. The van der Waals surface area contributed by atoms with E-state index in [2.05, 4.69) is 30.7 Å². The van der Waals surface area contributed by atoms with Crippen molar-refractivity contribution in [1.29, 1.82) is 0 Å². The van der Waals surface area contributed by atoms with Crippen LogP contribution in [-0.2, 0) is 6.18 Å². The average molecular weight is 317 g/mol. The summed E-state index contributed by atoms with van der Waals surface area (Å²) in [6.45, 7) is 1.41. The van der Waals surface area contributed by atoms with Gasteiger partial charge in [0.25, 0.3) is 17.6 Å². The maximum atomic E-state index is 12.4. The molecule has 5 N–H and O–H groups in total. The van der Waals surface area contributed by atoms with E-state index in [0.717, 1.165) is 6.07 Å². The Hall–Kier alpha value is -2.92. The molecule has 0 aromatic carbocycles. The first-order valence-electron chi connectivity index (χ1n) is 5.84. The molecule has 2 aromatic rings. The zero-order chi connectivity index (χ0) is 16.5. The van der Waals surface area contributed by atoms with E-state index in [0.29, 0.717) is 0 Å². The molecule has 2 rings (SSSR count). The number of nitrogens with zero attached hydrogens (tertiary/aromatic N) is 3. The standard InChI is InChI=1S/C10H10F3N7O2/c1-3(7-16-9(20-19-7)10(11,12)13)15-8(22)5-2-4(6(14)21)17-18-5/h2-3H,1H3,(H2,14,21)(H,15,22)(H,17,18)(H,16,19,20). The molecule has 0 fully saturated rings. The van der Waals surface area contributed by atoms with Crippen molar-refractivity contribution in [1.82, 2.24) is 30.7 Å². The Bertz CT molecular complexity index is 705. The molecular formula is C10H10F3N7O2. The molecule has 2 heterocycles. The summed E-state index contributed by atoms with van der Waals surface area (Å²) < 4.78 is 37.1.